The molecule has 0 unspecified atom stereocenters. The molecule has 6 heteroatoms. The van der Waals surface area contributed by atoms with Crippen molar-refractivity contribution in [2.75, 3.05) is 11.9 Å². The van der Waals surface area contributed by atoms with E-state index in [4.69, 9.17) is 5.84 Å². The van der Waals surface area contributed by atoms with E-state index in [1.54, 1.807) is 30.1 Å². The molecule has 0 spiro atoms. The Kier molecular flexibility index (Phi) is 4.13. The zero-order valence-electron chi connectivity index (χ0n) is 10.4. The molecule has 0 saturated carbocycles. The summed E-state index contributed by atoms with van der Waals surface area (Å²) in [6, 6.07) is 8.37. The second-order valence-corrected chi connectivity index (χ2v) is 4.97. The number of para-hydroxylation sites is 1. The van der Waals surface area contributed by atoms with Crippen molar-refractivity contribution in [2.24, 2.45) is 5.84 Å². The minimum atomic E-state index is -0.327. The summed E-state index contributed by atoms with van der Waals surface area (Å²) in [5, 5.41) is 1.81. The maximum atomic E-state index is 13.7. The number of nitrogens with one attached hydrogen (secondary N) is 1. The van der Waals surface area contributed by atoms with Crippen LogP contribution in [0.5, 0.6) is 0 Å². The van der Waals surface area contributed by atoms with Crippen LogP contribution < -0.4 is 16.2 Å². The molecule has 0 aliphatic heterocycles. The Balaban J connectivity index is 2.20. The quantitative estimate of drug-likeness (QED) is 0.512. The number of nitrogens with two attached hydrogens (primary N) is 1. The maximum absolute atomic E-state index is 13.7. The number of nitrogen functional groups attached to an aromatic ring is 1. The Hall–Kier alpha value is -1.92. The molecule has 100 valence electrons. The molecule has 1 amide bonds. The van der Waals surface area contributed by atoms with Crippen LogP contribution >= 0.6 is 11.3 Å². The summed E-state index contributed by atoms with van der Waals surface area (Å²) in [5.74, 6) is 4.52. The van der Waals surface area contributed by atoms with Gasteiger partial charge in [0.25, 0.3) is 5.91 Å². The number of hydrogen-bond acceptors (Lipinski definition) is 4. The summed E-state index contributed by atoms with van der Waals surface area (Å²) in [7, 11) is 1.78. The summed E-state index contributed by atoms with van der Waals surface area (Å²) in [5.41, 5.74) is 3.42. The van der Waals surface area contributed by atoms with Gasteiger partial charge in [-0.2, -0.15) is 0 Å². The largest absolute Gasteiger partial charge is 0.368 e. The van der Waals surface area contributed by atoms with Crippen LogP contribution in [0.1, 0.15) is 15.2 Å². The molecule has 0 aliphatic rings. The molecule has 19 heavy (non-hydrogen) atoms. The third-order valence-corrected chi connectivity index (χ3v) is 3.71. The fraction of sp³-hybridized carbons (Fsp3) is 0.154. The van der Waals surface area contributed by atoms with Crippen molar-refractivity contribution < 1.29 is 9.18 Å². The van der Waals surface area contributed by atoms with Crippen LogP contribution in [0.3, 0.4) is 0 Å². The SMILES string of the molecule is CN(Cc1ccsc1C(=O)NN)c1ccccc1F. The molecular formula is C13H14FN3OS. The van der Waals surface area contributed by atoms with Crippen LogP contribution in [0, 0.1) is 5.82 Å². The molecule has 1 aromatic heterocycles. The van der Waals surface area contributed by atoms with Crippen molar-refractivity contribution in [3.05, 3.63) is 52.0 Å². The maximum Gasteiger partial charge on any atom is 0.275 e. The van der Waals surface area contributed by atoms with Gasteiger partial charge in [0.15, 0.2) is 0 Å². The Morgan fingerprint density at radius 3 is 2.84 bits per heavy atom. The van der Waals surface area contributed by atoms with Crippen LogP contribution in [-0.4, -0.2) is 13.0 Å². The first-order valence-electron chi connectivity index (χ1n) is 5.66. The van der Waals surface area contributed by atoms with Crippen molar-refractivity contribution in [1.82, 2.24) is 5.43 Å². The highest BCUT2D eigenvalue weighted by atomic mass is 32.1. The second kappa shape index (κ2) is 5.81. The van der Waals surface area contributed by atoms with E-state index in [1.165, 1.54) is 17.4 Å². The molecule has 1 heterocycles. The number of nitrogens with zero attached hydrogens (tertiary/aromatic N) is 1. The highest BCUT2D eigenvalue weighted by molar-refractivity contribution is 7.12. The van der Waals surface area contributed by atoms with Gasteiger partial charge < -0.3 is 4.90 Å². The highest BCUT2D eigenvalue weighted by Crippen LogP contribution is 2.23. The topological polar surface area (TPSA) is 58.4 Å². The molecule has 0 fully saturated rings. The summed E-state index contributed by atoms with van der Waals surface area (Å²) >= 11 is 1.31. The number of rotatable bonds is 4. The standard InChI is InChI=1S/C13H14FN3OS/c1-17(11-5-3-2-4-10(11)14)8-9-6-7-19-12(9)13(18)16-15/h2-7H,8,15H2,1H3,(H,16,18). The van der Waals surface area contributed by atoms with Crippen LogP contribution in [0.2, 0.25) is 0 Å². The van der Waals surface area contributed by atoms with Crippen molar-refractivity contribution >= 4 is 22.9 Å². The molecule has 2 aromatic rings. The van der Waals surface area contributed by atoms with Crippen molar-refractivity contribution in [2.45, 2.75) is 6.54 Å². The monoisotopic (exact) mass is 279 g/mol. The van der Waals surface area contributed by atoms with Crippen LogP contribution in [0.25, 0.3) is 0 Å². The molecule has 0 radical (unpaired) electrons. The Labute approximate surface area is 114 Å². The minimum Gasteiger partial charge on any atom is -0.368 e. The van der Waals surface area contributed by atoms with Gasteiger partial charge in [0, 0.05) is 13.6 Å². The average Bonchev–Trinajstić information content (AvgIpc) is 2.86. The summed E-state index contributed by atoms with van der Waals surface area (Å²) in [6.45, 7) is 0.438. The van der Waals surface area contributed by atoms with Gasteiger partial charge in [-0.25, -0.2) is 10.2 Å². The molecule has 0 bridgehead atoms. The lowest BCUT2D eigenvalue weighted by Crippen LogP contribution is -2.30. The predicted octanol–water partition coefficient (Wildman–Crippen LogP) is 2.13. The van der Waals surface area contributed by atoms with Gasteiger partial charge in [0.05, 0.1) is 10.6 Å². The molecule has 4 nitrogen and oxygen atoms in total. The Morgan fingerprint density at radius 2 is 2.16 bits per heavy atom. The predicted molar refractivity (Wildman–Crippen MR) is 74.5 cm³/mol. The average molecular weight is 279 g/mol. The van der Waals surface area contributed by atoms with E-state index < -0.39 is 0 Å². The first-order chi connectivity index (χ1) is 9.13. The van der Waals surface area contributed by atoms with E-state index in [0.717, 1.165) is 5.56 Å². The van der Waals surface area contributed by atoms with Crippen LogP contribution in [-0.2, 0) is 6.54 Å². The number of anilines is 1. The van der Waals surface area contributed by atoms with Crippen molar-refractivity contribution in [1.29, 1.82) is 0 Å². The highest BCUT2D eigenvalue weighted by Gasteiger charge is 2.15. The van der Waals surface area contributed by atoms with Gasteiger partial charge in [0.1, 0.15) is 5.82 Å². The van der Waals surface area contributed by atoms with Crippen molar-refractivity contribution in [3.8, 4) is 0 Å². The third kappa shape index (κ3) is 2.91. The smallest absolute Gasteiger partial charge is 0.275 e. The van der Waals surface area contributed by atoms with E-state index in [2.05, 4.69) is 5.43 Å². The number of hydrazine groups is 1. The molecule has 3 N–H and O–H groups in total. The fourth-order valence-electron chi connectivity index (χ4n) is 1.83. The third-order valence-electron chi connectivity index (χ3n) is 2.76. The van der Waals surface area contributed by atoms with Gasteiger partial charge in [-0.15, -0.1) is 11.3 Å². The second-order valence-electron chi connectivity index (χ2n) is 4.06. The summed E-state index contributed by atoms with van der Waals surface area (Å²) in [4.78, 5) is 13.9. The van der Waals surface area contributed by atoms with Gasteiger partial charge in [-0.05, 0) is 29.1 Å². The Morgan fingerprint density at radius 1 is 1.42 bits per heavy atom. The normalized spacial score (nSPS) is 10.3. The first-order valence-corrected chi connectivity index (χ1v) is 6.54. The Bertz CT molecular complexity index is 585. The van der Waals surface area contributed by atoms with E-state index >= 15 is 0 Å². The number of carbonyl (C=O) groups excluding carboxylic acids is 1. The number of carbonyl (C=O) groups is 1. The zero-order valence-corrected chi connectivity index (χ0v) is 11.2. The van der Waals surface area contributed by atoms with E-state index in [1.807, 2.05) is 11.4 Å². The minimum absolute atomic E-state index is 0.287. The van der Waals surface area contributed by atoms with Gasteiger partial charge in [0.2, 0.25) is 0 Å². The molecule has 0 saturated heterocycles. The molecule has 1 aromatic carbocycles. The molecule has 0 atom stereocenters. The molecule has 0 aliphatic carbocycles. The number of thiophene rings is 1. The van der Waals surface area contributed by atoms with Crippen LogP contribution in [0.15, 0.2) is 35.7 Å². The number of amides is 1. The lowest BCUT2D eigenvalue weighted by atomic mass is 10.2. The number of hydrogen-bond donors (Lipinski definition) is 2. The number of halogens is 1. The summed E-state index contributed by atoms with van der Waals surface area (Å²) in [6.07, 6.45) is 0. The zero-order chi connectivity index (χ0) is 13.8. The van der Waals surface area contributed by atoms with Crippen LogP contribution in [0.4, 0.5) is 10.1 Å². The first kappa shape index (κ1) is 13.5. The van der Waals surface area contributed by atoms with E-state index in [9.17, 15) is 9.18 Å². The van der Waals surface area contributed by atoms with Gasteiger partial charge in [-0.1, -0.05) is 12.1 Å². The van der Waals surface area contributed by atoms with Gasteiger partial charge in [-0.3, -0.25) is 10.2 Å². The van der Waals surface area contributed by atoms with E-state index in [-0.39, 0.29) is 11.7 Å². The van der Waals surface area contributed by atoms with E-state index in [0.29, 0.717) is 17.1 Å². The number of benzene rings is 1. The molecular weight excluding hydrogens is 265 g/mol. The lowest BCUT2D eigenvalue weighted by molar-refractivity contribution is 0.0957. The fourth-order valence-corrected chi connectivity index (χ4v) is 2.65. The van der Waals surface area contributed by atoms with Crippen molar-refractivity contribution in [3.63, 3.8) is 0 Å². The van der Waals surface area contributed by atoms with Gasteiger partial charge >= 0.3 is 0 Å². The summed E-state index contributed by atoms with van der Waals surface area (Å²) < 4.78 is 13.7. The lowest BCUT2D eigenvalue weighted by Gasteiger charge is -2.19. The molecule has 2 rings (SSSR count).